The van der Waals surface area contributed by atoms with Gasteiger partial charge in [-0.1, -0.05) is 89.7 Å². The van der Waals surface area contributed by atoms with Crippen LogP contribution in [-0.4, -0.2) is 14.6 Å². The van der Waals surface area contributed by atoms with Crippen LogP contribution in [0.15, 0.2) is 83.7 Å². The minimum Gasteiger partial charge on any atom is -0.488 e. The first-order chi connectivity index (χ1) is 15.7. The molecule has 0 aliphatic rings. The van der Waals surface area contributed by atoms with Gasteiger partial charge in [0.1, 0.15) is 12.4 Å². The Morgan fingerprint density at radius 1 is 0.938 bits per heavy atom. The Kier molecular flexibility index (Phi) is 5.52. The molecule has 5 aromatic rings. The van der Waals surface area contributed by atoms with Gasteiger partial charge in [-0.25, -0.2) is 4.98 Å². The van der Waals surface area contributed by atoms with E-state index < -0.39 is 0 Å². The Hall–Kier alpha value is -3.77. The summed E-state index contributed by atoms with van der Waals surface area (Å²) < 4.78 is 8.02. The molecular weight excluding hydrogens is 418 g/mol. The summed E-state index contributed by atoms with van der Waals surface area (Å²) in [5.74, 6) is 1.38. The van der Waals surface area contributed by atoms with E-state index in [4.69, 9.17) is 4.74 Å². The van der Waals surface area contributed by atoms with Crippen LogP contribution in [0.1, 0.15) is 28.1 Å². The monoisotopic (exact) mass is 439 g/mol. The average molecular weight is 440 g/mol. The molecule has 2 aromatic heterocycles. The number of ether oxygens (including phenoxy) is 1. The SMILES string of the molecule is Cc1ccc(COc2ccccc2/C=c2\sc3nc(Cc4ccccc4)nn3c2=O)cc1. The van der Waals surface area contributed by atoms with Crippen molar-refractivity contribution in [3.63, 3.8) is 0 Å². The molecule has 0 amide bonds. The molecule has 2 heterocycles. The molecule has 0 radical (unpaired) electrons. The van der Waals surface area contributed by atoms with Gasteiger partial charge in [0.05, 0.1) is 4.53 Å². The maximum absolute atomic E-state index is 12.9. The van der Waals surface area contributed by atoms with Crippen LogP contribution >= 0.6 is 11.3 Å². The topological polar surface area (TPSA) is 56.5 Å². The molecular formula is C26H21N3O2S. The van der Waals surface area contributed by atoms with Crippen LogP contribution in [0.25, 0.3) is 11.0 Å². The lowest BCUT2D eigenvalue weighted by molar-refractivity contribution is 0.305. The van der Waals surface area contributed by atoms with Crippen LogP contribution in [0, 0.1) is 6.92 Å². The number of thiazole rings is 1. The molecule has 5 rings (SSSR count). The van der Waals surface area contributed by atoms with Gasteiger partial charge in [-0.2, -0.15) is 4.52 Å². The number of aryl methyl sites for hydroxylation is 1. The number of rotatable bonds is 6. The summed E-state index contributed by atoms with van der Waals surface area (Å²) in [4.78, 5) is 18.1. The molecule has 0 N–H and O–H groups in total. The van der Waals surface area contributed by atoms with Crippen molar-refractivity contribution >= 4 is 22.4 Å². The standard InChI is InChI=1S/C26H21N3O2S/c1-18-11-13-20(14-12-18)17-31-22-10-6-5-9-21(22)16-23-25(30)29-26(32-23)27-24(28-29)15-19-7-3-2-4-8-19/h2-14,16H,15,17H2,1H3/b23-16-. The number of para-hydroxylation sites is 1. The predicted octanol–water partition coefficient (Wildman–Crippen LogP) is 4.18. The lowest BCUT2D eigenvalue weighted by Crippen LogP contribution is -2.24. The van der Waals surface area contributed by atoms with Crippen molar-refractivity contribution in [1.82, 2.24) is 14.6 Å². The highest BCUT2D eigenvalue weighted by molar-refractivity contribution is 7.15. The normalized spacial score (nSPS) is 11.8. The van der Waals surface area contributed by atoms with Crippen LogP contribution in [0.5, 0.6) is 5.75 Å². The molecule has 6 heteroatoms. The van der Waals surface area contributed by atoms with E-state index in [0.717, 1.165) is 22.4 Å². The van der Waals surface area contributed by atoms with E-state index in [0.29, 0.717) is 28.3 Å². The van der Waals surface area contributed by atoms with E-state index in [1.165, 1.54) is 21.4 Å². The average Bonchev–Trinajstić information content (AvgIpc) is 3.33. The van der Waals surface area contributed by atoms with Gasteiger partial charge in [-0.3, -0.25) is 4.79 Å². The first-order valence-corrected chi connectivity index (χ1v) is 11.2. The van der Waals surface area contributed by atoms with E-state index in [-0.39, 0.29) is 5.56 Å². The molecule has 158 valence electrons. The van der Waals surface area contributed by atoms with Crippen LogP contribution in [0.2, 0.25) is 0 Å². The van der Waals surface area contributed by atoms with Gasteiger partial charge in [0.25, 0.3) is 5.56 Å². The summed E-state index contributed by atoms with van der Waals surface area (Å²) in [7, 11) is 0. The molecule has 0 spiro atoms. The first kappa shape index (κ1) is 20.2. The molecule has 0 saturated heterocycles. The summed E-state index contributed by atoms with van der Waals surface area (Å²) in [6.45, 7) is 2.53. The van der Waals surface area contributed by atoms with Gasteiger partial charge in [0.15, 0.2) is 5.82 Å². The quantitative estimate of drug-likeness (QED) is 0.398. The van der Waals surface area contributed by atoms with Gasteiger partial charge in [-0.15, -0.1) is 5.10 Å². The highest BCUT2D eigenvalue weighted by Gasteiger charge is 2.11. The maximum atomic E-state index is 12.9. The van der Waals surface area contributed by atoms with Gasteiger partial charge in [0, 0.05) is 12.0 Å². The molecule has 0 unspecified atom stereocenters. The van der Waals surface area contributed by atoms with Crippen LogP contribution in [0.4, 0.5) is 0 Å². The van der Waals surface area contributed by atoms with Crippen molar-refractivity contribution in [2.45, 2.75) is 20.0 Å². The zero-order valence-corrected chi connectivity index (χ0v) is 18.4. The molecule has 0 bridgehead atoms. The predicted molar refractivity (Wildman–Crippen MR) is 127 cm³/mol. The summed E-state index contributed by atoms with van der Waals surface area (Å²) in [5.41, 5.74) is 4.12. The smallest absolute Gasteiger partial charge is 0.291 e. The number of nitrogens with zero attached hydrogens (tertiary/aromatic N) is 3. The Morgan fingerprint density at radius 2 is 1.69 bits per heavy atom. The summed E-state index contributed by atoms with van der Waals surface area (Å²) in [6, 6.07) is 26.0. The third-order valence-electron chi connectivity index (χ3n) is 5.15. The van der Waals surface area contributed by atoms with Crippen LogP contribution in [0.3, 0.4) is 0 Å². The van der Waals surface area contributed by atoms with Crippen LogP contribution in [-0.2, 0) is 13.0 Å². The molecule has 32 heavy (non-hydrogen) atoms. The summed E-state index contributed by atoms with van der Waals surface area (Å²) in [5, 5.41) is 4.43. The Morgan fingerprint density at radius 3 is 2.47 bits per heavy atom. The van der Waals surface area contributed by atoms with E-state index >= 15 is 0 Å². The number of aromatic nitrogens is 3. The van der Waals surface area contributed by atoms with Crippen molar-refractivity contribution in [2.24, 2.45) is 0 Å². The third-order valence-corrected chi connectivity index (χ3v) is 6.11. The Labute approximate surface area is 189 Å². The molecule has 5 nitrogen and oxygen atoms in total. The van der Waals surface area contributed by atoms with Crippen molar-refractivity contribution in [3.8, 4) is 5.75 Å². The van der Waals surface area contributed by atoms with E-state index in [1.54, 1.807) is 0 Å². The summed E-state index contributed by atoms with van der Waals surface area (Å²) >= 11 is 1.34. The fraction of sp³-hybridized carbons (Fsp3) is 0.115. The van der Waals surface area contributed by atoms with Gasteiger partial charge in [0.2, 0.25) is 4.96 Å². The third kappa shape index (κ3) is 4.31. The number of hydrogen-bond donors (Lipinski definition) is 0. The number of benzene rings is 3. The second kappa shape index (κ2) is 8.77. The highest BCUT2D eigenvalue weighted by Crippen LogP contribution is 2.20. The molecule has 0 aliphatic carbocycles. The Bertz CT molecular complexity index is 1470. The van der Waals surface area contributed by atoms with Crippen molar-refractivity contribution < 1.29 is 4.74 Å². The zero-order chi connectivity index (χ0) is 21.9. The first-order valence-electron chi connectivity index (χ1n) is 10.4. The molecule has 0 atom stereocenters. The lowest BCUT2D eigenvalue weighted by Gasteiger charge is -2.09. The fourth-order valence-corrected chi connectivity index (χ4v) is 4.36. The number of fused-ring (bicyclic) bond motifs is 1. The molecule has 0 fully saturated rings. The van der Waals surface area contributed by atoms with Gasteiger partial charge in [-0.05, 0) is 30.2 Å². The van der Waals surface area contributed by atoms with Crippen LogP contribution < -0.4 is 14.8 Å². The van der Waals surface area contributed by atoms with E-state index in [9.17, 15) is 4.79 Å². The van der Waals surface area contributed by atoms with Gasteiger partial charge >= 0.3 is 0 Å². The zero-order valence-electron chi connectivity index (χ0n) is 17.6. The fourth-order valence-electron chi connectivity index (χ4n) is 3.45. The second-order valence-electron chi connectivity index (χ2n) is 7.61. The van der Waals surface area contributed by atoms with Crippen molar-refractivity contribution in [2.75, 3.05) is 0 Å². The van der Waals surface area contributed by atoms with Gasteiger partial charge < -0.3 is 4.74 Å². The molecule has 0 saturated carbocycles. The minimum absolute atomic E-state index is 0.162. The largest absolute Gasteiger partial charge is 0.488 e. The maximum Gasteiger partial charge on any atom is 0.291 e. The van der Waals surface area contributed by atoms with E-state index in [1.807, 2.05) is 60.7 Å². The number of hydrogen-bond acceptors (Lipinski definition) is 5. The highest BCUT2D eigenvalue weighted by atomic mass is 32.1. The van der Waals surface area contributed by atoms with Crippen molar-refractivity contribution in [3.05, 3.63) is 122 Å². The molecule has 3 aromatic carbocycles. The molecule has 0 aliphatic heterocycles. The Balaban J connectivity index is 1.41. The van der Waals surface area contributed by atoms with E-state index in [2.05, 4.69) is 41.3 Å². The lowest BCUT2D eigenvalue weighted by atomic mass is 10.1. The summed E-state index contributed by atoms with van der Waals surface area (Å²) in [6.07, 6.45) is 2.45. The second-order valence-corrected chi connectivity index (χ2v) is 8.62. The van der Waals surface area contributed by atoms with Crippen molar-refractivity contribution in [1.29, 1.82) is 0 Å². The minimum atomic E-state index is -0.162.